The Bertz CT molecular complexity index is 1820. The third-order valence-corrected chi connectivity index (χ3v) is 6.13. The van der Waals surface area contributed by atoms with Gasteiger partial charge in [-0.15, -0.1) is 11.3 Å². The van der Waals surface area contributed by atoms with Gasteiger partial charge in [-0.3, -0.25) is 0 Å². The summed E-state index contributed by atoms with van der Waals surface area (Å²) in [5, 5.41) is 19.5. The molecule has 0 aliphatic carbocycles. The maximum atomic E-state index is 8.94. The zero-order valence-electron chi connectivity index (χ0n) is 18.3. The predicted octanol–water partition coefficient (Wildman–Crippen LogP) is 7.38. The molecule has 0 bridgehead atoms. The van der Waals surface area contributed by atoms with Gasteiger partial charge in [0.2, 0.25) is 0 Å². The van der Waals surface area contributed by atoms with Crippen LogP contribution in [0.25, 0.3) is 66.3 Å². The lowest BCUT2D eigenvalue weighted by atomic mass is 10.1. The minimum atomic E-state index is -0.0456. The number of furan rings is 2. The second-order valence-electron chi connectivity index (χ2n) is 7.43. The average molecular weight is 485 g/mol. The van der Waals surface area contributed by atoms with Crippen molar-refractivity contribution >= 4 is 34.4 Å². The molecular weight excluding hydrogens is 472 g/mol. The van der Waals surface area contributed by atoms with Gasteiger partial charge in [-0.05, 0) is 48.6 Å². The minimum Gasteiger partial charge on any atom is -0.456 e. The van der Waals surface area contributed by atoms with Crippen molar-refractivity contribution in [3.63, 3.8) is 0 Å². The summed E-state index contributed by atoms with van der Waals surface area (Å²) in [5.74, 6) is 2.28. The largest absolute Gasteiger partial charge is 0.456 e. The number of nitrogens with one attached hydrogen (secondary N) is 1. The van der Waals surface area contributed by atoms with Crippen molar-refractivity contribution in [2.24, 2.45) is 0 Å². The van der Waals surface area contributed by atoms with Gasteiger partial charge >= 0.3 is 0 Å². The molecule has 36 heavy (non-hydrogen) atoms. The van der Waals surface area contributed by atoms with E-state index >= 15 is 0 Å². The van der Waals surface area contributed by atoms with E-state index in [1.807, 2.05) is 48.5 Å². The molecule has 9 heteroatoms. The number of hydrogen-bond donors (Lipinski definition) is 1. The van der Waals surface area contributed by atoms with Crippen LogP contribution in [0.15, 0.2) is 75.0 Å². The summed E-state index contributed by atoms with van der Waals surface area (Å²) in [7, 11) is 0. The van der Waals surface area contributed by atoms with E-state index < -0.39 is 0 Å². The third kappa shape index (κ3) is 4.30. The van der Waals surface area contributed by atoms with E-state index in [0.29, 0.717) is 32.9 Å². The van der Waals surface area contributed by atoms with Crippen LogP contribution in [0, 0.1) is 35.8 Å². The van der Waals surface area contributed by atoms with Gasteiger partial charge in [0.05, 0.1) is 31.0 Å². The number of rotatable bonds is 5. The fourth-order valence-electron chi connectivity index (χ4n) is 3.51. The van der Waals surface area contributed by atoms with Gasteiger partial charge in [-0.25, -0.2) is 25.2 Å². The van der Waals surface area contributed by atoms with Gasteiger partial charge in [-0.2, -0.15) is 0 Å². The molecule has 1 N–H and O–H groups in total. The molecule has 0 fully saturated rings. The first kappa shape index (κ1) is 22.2. The first-order valence-corrected chi connectivity index (χ1v) is 11.2. The van der Waals surface area contributed by atoms with E-state index in [4.69, 9.17) is 32.5 Å². The molecule has 168 valence electrons. The van der Waals surface area contributed by atoms with Crippen LogP contribution in [-0.2, 0) is 0 Å². The van der Waals surface area contributed by atoms with Crippen LogP contribution in [-0.4, -0.2) is 9.97 Å². The Morgan fingerprint density at radius 1 is 0.917 bits per heavy atom. The number of nitriles is 2. The van der Waals surface area contributed by atoms with E-state index in [-0.39, 0.29) is 11.4 Å². The Morgan fingerprint density at radius 2 is 1.67 bits per heavy atom. The summed E-state index contributed by atoms with van der Waals surface area (Å²) in [6.45, 7) is 14.0. The number of nitrogens with zero attached hydrogens (tertiary/aromatic N) is 5. The molecule has 5 aromatic rings. The number of hydrogen-bond acceptors (Lipinski definition) is 6. The molecule has 0 saturated heterocycles. The standard InChI is InChI=1S/C27H12N6O2S/c1-30-18(13-28)11-20-5-6-25(34-20)23-9-16-3-4-17(10-22(16)33-23)24-7-8-26(35-24)27-32-15-21(36-27)12-19(14-29)31-2/h3-12,15,33H/b18-11+,19-12-. The molecule has 0 atom stereocenters. The van der Waals surface area contributed by atoms with Crippen LogP contribution >= 0.6 is 11.3 Å². The number of aromatic amines is 1. The number of fused-ring (bicyclic) bond motifs is 1. The van der Waals surface area contributed by atoms with Gasteiger partial charge in [-0.1, -0.05) is 12.1 Å². The van der Waals surface area contributed by atoms with E-state index in [9.17, 15) is 0 Å². The monoisotopic (exact) mass is 484 g/mol. The van der Waals surface area contributed by atoms with Crippen molar-refractivity contribution in [1.29, 1.82) is 10.5 Å². The molecule has 0 aliphatic heterocycles. The number of aromatic nitrogens is 2. The molecule has 0 radical (unpaired) electrons. The van der Waals surface area contributed by atoms with Crippen LogP contribution in [0.5, 0.6) is 0 Å². The van der Waals surface area contributed by atoms with Gasteiger partial charge in [0.25, 0.3) is 11.4 Å². The molecule has 0 unspecified atom stereocenters. The zero-order chi connectivity index (χ0) is 25.1. The van der Waals surface area contributed by atoms with E-state index in [1.165, 1.54) is 23.5 Å². The Balaban J connectivity index is 1.41. The molecule has 5 rings (SSSR count). The van der Waals surface area contributed by atoms with Crippen molar-refractivity contribution in [2.45, 2.75) is 0 Å². The molecular formula is C27H12N6O2S. The summed E-state index contributed by atoms with van der Waals surface area (Å²) in [4.78, 5) is 14.7. The van der Waals surface area contributed by atoms with Crippen molar-refractivity contribution in [1.82, 2.24) is 9.97 Å². The van der Waals surface area contributed by atoms with Crippen molar-refractivity contribution in [2.75, 3.05) is 0 Å². The number of benzene rings is 1. The second kappa shape index (κ2) is 9.33. The summed E-state index contributed by atoms with van der Waals surface area (Å²) in [5.41, 5.74) is 2.48. The summed E-state index contributed by atoms with van der Waals surface area (Å²) in [6, 6.07) is 18.7. The maximum absolute atomic E-state index is 8.94. The maximum Gasteiger partial charge on any atom is 0.265 e. The van der Waals surface area contributed by atoms with Gasteiger partial charge in [0.15, 0.2) is 16.5 Å². The Hall–Kier alpha value is -5.61. The third-order valence-electron chi connectivity index (χ3n) is 5.17. The highest BCUT2D eigenvalue weighted by Crippen LogP contribution is 2.34. The quantitative estimate of drug-likeness (QED) is 0.207. The Kier molecular flexibility index (Phi) is 5.75. The lowest BCUT2D eigenvalue weighted by Gasteiger charge is -1.98. The zero-order valence-corrected chi connectivity index (χ0v) is 19.1. The SMILES string of the molecule is [C-]#[N+]/C(C#N)=C\c1cnc(-c2ccc(-c3ccc4cc(-c5ccc(/C=C(\C#N)[N+]#[C-])o5)[nH]c4c3)o2)s1. The van der Waals surface area contributed by atoms with Gasteiger partial charge in [0.1, 0.15) is 11.5 Å². The fourth-order valence-corrected chi connectivity index (χ4v) is 4.33. The van der Waals surface area contributed by atoms with E-state index in [2.05, 4.69) is 19.7 Å². The molecule has 0 amide bonds. The van der Waals surface area contributed by atoms with Crippen LogP contribution in [0.1, 0.15) is 10.6 Å². The molecule has 0 spiro atoms. The number of thiazole rings is 1. The lowest BCUT2D eigenvalue weighted by Crippen LogP contribution is -1.75. The number of H-pyrrole nitrogens is 1. The average Bonchev–Trinajstić information content (AvgIpc) is 3.71. The minimum absolute atomic E-state index is 0.00137. The lowest BCUT2D eigenvalue weighted by molar-refractivity contribution is 0.570. The Labute approximate surface area is 208 Å². The van der Waals surface area contributed by atoms with Crippen LogP contribution < -0.4 is 0 Å². The molecule has 4 aromatic heterocycles. The topological polar surface area (TPSA) is 111 Å². The normalized spacial score (nSPS) is 11.6. The predicted molar refractivity (Wildman–Crippen MR) is 135 cm³/mol. The molecule has 1 aromatic carbocycles. The molecule has 0 aliphatic rings. The number of allylic oxidation sites excluding steroid dienone is 2. The highest BCUT2D eigenvalue weighted by atomic mass is 32.1. The first-order valence-electron chi connectivity index (χ1n) is 10.4. The van der Waals surface area contributed by atoms with Crippen LogP contribution in [0.3, 0.4) is 0 Å². The van der Waals surface area contributed by atoms with E-state index in [0.717, 1.165) is 22.2 Å². The van der Waals surface area contributed by atoms with Crippen LogP contribution in [0.4, 0.5) is 0 Å². The first-order chi connectivity index (χ1) is 17.6. The Morgan fingerprint density at radius 3 is 2.44 bits per heavy atom. The smallest absolute Gasteiger partial charge is 0.265 e. The highest BCUT2D eigenvalue weighted by Gasteiger charge is 2.13. The summed E-state index contributed by atoms with van der Waals surface area (Å²) < 4.78 is 11.8. The molecule has 8 nitrogen and oxygen atoms in total. The highest BCUT2D eigenvalue weighted by molar-refractivity contribution is 7.15. The van der Waals surface area contributed by atoms with Gasteiger partial charge in [0, 0.05) is 27.5 Å². The van der Waals surface area contributed by atoms with Crippen molar-refractivity contribution in [3.05, 3.63) is 99.6 Å². The van der Waals surface area contributed by atoms with Gasteiger partial charge < -0.3 is 13.8 Å². The summed E-state index contributed by atoms with van der Waals surface area (Å²) >= 11 is 1.33. The fraction of sp³-hybridized carbons (Fsp3) is 0. The van der Waals surface area contributed by atoms with Crippen LogP contribution in [0.2, 0.25) is 0 Å². The molecule has 4 heterocycles. The molecule has 0 saturated carbocycles. The second-order valence-corrected chi connectivity index (χ2v) is 8.49. The van der Waals surface area contributed by atoms with Crippen molar-refractivity contribution < 1.29 is 8.83 Å². The van der Waals surface area contributed by atoms with E-state index in [1.54, 1.807) is 18.3 Å². The summed E-state index contributed by atoms with van der Waals surface area (Å²) in [6.07, 6.45) is 4.51. The van der Waals surface area contributed by atoms with Crippen molar-refractivity contribution in [3.8, 4) is 45.7 Å².